The number of rotatable bonds is 3. The summed E-state index contributed by atoms with van der Waals surface area (Å²) in [5, 5.41) is 3.19. The maximum absolute atomic E-state index is 13.5. The number of nitrogens with one attached hydrogen (secondary N) is 1. The zero-order valence-corrected chi connectivity index (χ0v) is 12.0. The summed E-state index contributed by atoms with van der Waals surface area (Å²) in [6, 6.07) is 6.53. The van der Waals surface area contributed by atoms with Crippen LogP contribution in [0.2, 0.25) is 5.02 Å². The Bertz CT molecular complexity index is 635. The lowest BCUT2D eigenvalue weighted by atomic mass is 10.1. The van der Waals surface area contributed by atoms with Crippen molar-refractivity contribution in [2.75, 3.05) is 0 Å². The maximum atomic E-state index is 13.5. The molecular weight excluding hydrogens is 279 g/mol. The molecule has 2 aromatic rings. The molecule has 0 saturated carbocycles. The predicted molar refractivity (Wildman–Crippen MR) is 76.3 cm³/mol. The smallest absolute Gasteiger partial charge is 0.270 e. The third kappa shape index (κ3) is 3.33. The van der Waals surface area contributed by atoms with Crippen LogP contribution in [-0.4, -0.2) is 10.9 Å². The van der Waals surface area contributed by atoms with Crippen molar-refractivity contribution in [2.24, 2.45) is 0 Å². The lowest BCUT2D eigenvalue weighted by Crippen LogP contribution is -2.23. The Morgan fingerprint density at radius 2 is 1.95 bits per heavy atom. The van der Waals surface area contributed by atoms with Crippen LogP contribution in [0, 0.1) is 19.7 Å². The van der Waals surface area contributed by atoms with E-state index in [4.69, 9.17) is 11.6 Å². The maximum Gasteiger partial charge on any atom is 0.270 e. The molecule has 0 bridgehead atoms. The third-order valence-electron chi connectivity index (χ3n) is 2.90. The molecule has 0 aliphatic heterocycles. The number of halogens is 2. The topological polar surface area (TPSA) is 42.0 Å². The van der Waals surface area contributed by atoms with E-state index in [1.54, 1.807) is 32.0 Å². The van der Waals surface area contributed by atoms with Gasteiger partial charge in [0.25, 0.3) is 5.91 Å². The largest absolute Gasteiger partial charge is 0.347 e. The summed E-state index contributed by atoms with van der Waals surface area (Å²) in [6.45, 7) is 3.72. The summed E-state index contributed by atoms with van der Waals surface area (Å²) in [7, 11) is 0. The number of hydrogen-bond acceptors (Lipinski definition) is 2. The first kappa shape index (κ1) is 14.5. The lowest BCUT2D eigenvalue weighted by molar-refractivity contribution is 0.0946. The summed E-state index contributed by atoms with van der Waals surface area (Å²) in [4.78, 5) is 15.8. The van der Waals surface area contributed by atoms with E-state index in [1.165, 1.54) is 12.3 Å². The lowest BCUT2D eigenvalue weighted by Gasteiger charge is -2.08. The fourth-order valence-corrected chi connectivity index (χ4v) is 2.10. The van der Waals surface area contributed by atoms with Crippen molar-refractivity contribution in [3.63, 3.8) is 0 Å². The van der Waals surface area contributed by atoms with Crippen LogP contribution in [0.4, 0.5) is 4.39 Å². The summed E-state index contributed by atoms with van der Waals surface area (Å²) in [5.41, 5.74) is 2.23. The molecule has 20 heavy (non-hydrogen) atoms. The number of aryl methyl sites for hydroxylation is 2. The van der Waals surface area contributed by atoms with Crippen LogP contribution in [0.5, 0.6) is 0 Å². The Hall–Kier alpha value is -1.94. The Morgan fingerprint density at radius 3 is 2.55 bits per heavy atom. The number of carbonyl (C=O) groups excluding carboxylic acids is 1. The van der Waals surface area contributed by atoms with Crippen LogP contribution in [0.3, 0.4) is 0 Å². The zero-order valence-electron chi connectivity index (χ0n) is 11.2. The molecule has 1 amide bonds. The molecule has 0 aliphatic rings. The molecule has 5 heteroatoms. The third-order valence-corrected chi connectivity index (χ3v) is 3.14. The molecule has 0 aliphatic carbocycles. The number of pyridine rings is 1. The van der Waals surface area contributed by atoms with Gasteiger partial charge in [0, 0.05) is 17.8 Å². The van der Waals surface area contributed by atoms with Crippen LogP contribution in [0.15, 0.2) is 30.5 Å². The van der Waals surface area contributed by atoms with E-state index < -0.39 is 0 Å². The summed E-state index contributed by atoms with van der Waals surface area (Å²) < 4.78 is 13.5. The second-order valence-electron chi connectivity index (χ2n) is 4.59. The van der Waals surface area contributed by atoms with Crippen LogP contribution in [-0.2, 0) is 6.54 Å². The van der Waals surface area contributed by atoms with Crippen molar-refractivity contribution in [3.05, 3.63) is 63.7 Å². The minimum Gasteiger partial charge on any atom is -0.347 e. The molecule has 104 valence electrons. The van der Waals surface area contributed by atoms with Gasteiger partial charge in [-0.15, -0.1) is 0 Å². The summed E-state index contributed by atoms with van der Waals surface area (Å²) >= 11 is 5.80. The van der Waals surface area contributed by atoms with E-state index in [9.17, 15) is 9.18 Å². The molecule has 0 unspecified atom stereocenters. The molecule has 3 nitrogen and oxygen atoms in total. The van der Waals surface area contributed by atoms with E-state index in [-0.39, 0.29) is 17.4 Å². The van der Waals surface area contributed by atoms with Gasteiger partial charge in [-0.3, -0.25) is 9.78 Å². The van der Waals surface area contributed by atoms with Gasteiger partial charge < -0.3 is 5.32 Å². The number of hydrogen-bond donors (Lipinski definition) is 1. The summed E-state index contributed by atoms with van der Waals surface area (Å²) in [5.74, 6) is -0.524. The molecule has 0 spiro atoms. The fourth-order valence-electron chi connectivity index (χ4n) is 1.94. The van der Waals surface area contributed by atoms with E-state index in [0.29, 0.717) is 22.7 Å². The zero-order chi connectivity index (χ0) is 14.7. The molecule has 1 heterocycles. The SMILES string of the molecule is Cc1cc(CNC(=O)c2cc(Cl)ccn2)cc(C)c1F. The van der Waals surface area contributed by atoms with E-state index in [0.717, 1.165) is 5.56 Å². The van der Waals surface area contributed by atoms with Gasteiger partial charge >= 0.3 is 0 Å². The normalized spacial score (nSPS) is 10.4. The Kier molecular flexibility index (Phi) is 4.35. The quantitative estimate of drug-likeness (QED) is 0.942. The minimum absolute atomic E-state index is 0.211. The van der Waals surface area contributed by atoms with E-state index in [2.05, 4.69) is 10.3 Å². The van der Waals surface area contributed by atoms with Crippen LogP contribution < -0.4 is 5.32 Å². The first-order valence-electron chi connectivity index (χ1n) is 6.13. The summed E-state index contributed by atoms with van der Waals surface area (Å²) in [6.07, 6.45) is 1.48. The van der Waals surface area contributed by atoms with E-state index in [1.807, 2.05) is 0 Å². The molecule has 2 rings (SSSR count). The van der Waals surface area contributed by atoms with E-state index >= 15 is 0 Å². The highest BCUT2D eigenvalue weighted by Crippen LogP contribution is 2.15. The standard InChI is InChI=1S/C15H14ClFN2O/c1-9-5-11(6-10(2)14(9)17)8-19-15(20)13-7-12(16)3-4-18-13/h3-7H,8H2,1-2H3,(H,19,20). The molecule has 1 aromatic carbocycles. The average Bonchev–Trinajstić information content (AvgIpc) is 2.42. The van der Waals surface area contributed by atoms with Crippen molar-refractivity contribution in [1.82, 2.24) is 10.3 Å². The number of benzene rings is 1. The number of aromatic nitrogens is 1. The van der Waals surface area contributed by atoms with Crippen molar-refractivity contribution < 1.29 is 9.18 Å². The first-order valence-corrected chi connectivity index (χ1v) is 6.50. The number of carbonyl (C=O) groups is 1. The Labute approximate surface area is 121 Å². The highest BCUT2D eigenvalue weighted by Gasteiger charge is 2.09. The fraction of sp³-hybridized carbons (Fsp3) is 0.200. The molecule has 0 radical (unpaired) electrons. The van der Waals surface area contributed by atoms with Crippen LogP contribution in [0.1, 0.15) is 27.2 Å². The molecule has 0 saturated heterocycles. The predicted octanol–water partition coefficient (Wildman–Crippen LogP) is 3.42. The molecular formula is C15H14ClFN2O. The van der Waals surface area contributed by atoms with Crippen LogP contribution >= 0.6 is 11.6 Å². The van der Waals surface area contributed by atoms with Gasteiger partial charge in [-0.2, -0.15) is 0 Å². The van der Waals surface area contributed by atoms with Crippen molar-refractivity contribution >= 4 is 17.5 Å². The van der Waals surface area contributed by atoms with Crippen LogP contribution in [0.25, 0.3) is 0 Å². The Morgan fingerprint density at radius 1 is 1.30 bits per heavy atom. The molecule has 1 aromatic heterocycles. The minimum atomic E-state index is -0.313. The highest BCUT2D eigenvalue weighted by atomic mass is 35.5. The van der Waals surface area contributed by atoms with Gasteiger partial charge in [-0.25, -0.2) is 4.39 Å². The van der Waals surface area contributed by atoms with Gasteiger partial charge in [0.15, 0.2) is 0 Å². The van der Waals surface area contributed by atoms with Gasteiger partial charge in [-0.1, -0.05) is 23.7 Å². The molecule has 0 fully saturated rings. The van der Waals surface area contributed by atoms with Gasteiger partial charge in [0.05, 0.1) is 0 Å². The highest BCUT2D eigenvalue weighted by molar-refractivity contribution is 6.30. The first-order chi connectivity index (χ1) is 9.47. The monoisotopic (exact) mass is 292 g/mol. The van der Waals surface area contributed by atoms with Crippen molar-refractivity contribution in [3.8, 4) is 0 Å². The number of amides is 1. The van der Waals surface area contributed by atoms with Crippen molar-refractivity contribution in [1.29, 1.82) is 0 Å². The van der Waals surface area contributed by atoms with Crippen molar-refractivity contribution in [2.45, 2.75) is 20.4 Å². The molecule has 1 N–H and O–H groups in total. The van der Waals surface area contributed by atoms with Gasteiger partial charge in [0.1, 0.15) is 11.5 Å². The van der Waals surface area contributed by atoms with Gasteiger partial charge in [0.2, 0.25) is 0 Å². The average molecular weight is 293 g/mol. The number of nitrogens with zero attached hydrogens (tertiary/aromatic N) is 1. The Balaban J connectivity index is 2.07. The van der Waals surface area contributed by atoms with Gasteiger partial charge in [-0.05, 0) is 42.7 Å². The second kappa shape index (κ2) is 6.01. The molecule has 0 atom stereocenters. The second-order valence-corrected chi connectivity index (χ2v) is 5.02.